The summed E-state index contributed by atoms with van der Waals surface area (Å²) < 4.78 is 6.26. The molecule has 1 heterocycles. The lowest BCUT2D eigenvalue weighted by atomic mass is 10.0. The van der Waals surface area contributed by atoms with Crippen molar-refractivity contribution in [2.24, 2.45) is 0 Å². The van der Waals surface area contributed by atoms with Crippen molar-refractivity contribution in [2.45, 2.75) is 77.2 Å². The van der Waals surface area contributed by atoms with Crippen molar-refractivity contribution < 1.29 is 9.53 Å². The van der Waals surface area contributed by atoms with Crippen molar-refractivity contribution >= 4 is 5.91 Å². The van der Waals surface area contributed by atoms with Gasteiger partial charge in [0.15, 0.2) is 0 Å². The maximum absolute atomic E-state index is 12.8. The van der Waals surface area contributed by atoms with Gasteiger partial charge in [-0.3, -0.25) is 4.79 Å². The van der Waals surface area contributed by atoms with Gasteiger partial charge in [0.25, 0.3) is 0 Å². The maximum Gasteiger partial charge on any atom is 0.225 e. The van der Waals surface area contributed by atoms with Gasteiger partial charge in [0.2, 0.25) is 5.91 Å². The van der Waals surface area contributed by atoms with Crippen LogP contribution >= 0.6 is 0 Å². The minimum atomic E-state index is -0.0115. The quantitative estimate of drug-likeness (QED) is 0.466. The highest BCUT2D eigenvalue weighted by Gasteiger charge is 2.39. The monoisotopic (exact) mass is 379 g/mol. The Morgan fingerprint density at radius 1 is 0.893 bits per heavy atom. The average Bonchev–Trinajstić information content (AvgIpc) is 3.02. The Labute approximate surface area is 169 Å². The number of rotatable bonds is 11. The molecule has 0 saturated carbocycles. The highest BCUT2D eigenvalue weighted by Crippen LogP contribution is 2.29. The van der Waals surface area contributed by atoms with E-state index in [1.165, 1.54) is 31.2 Å². The summed E-state index contributed by atoms with van der Waals surface area (Å²) in [5.74, 6) is 0.223. The third-order valence-corrected chi connectivity index (χ3v) is 5.63. The van der Waals surface area contributed by atoms with Gasteiger partial charge < -0.3 is 9.64 Å². The van der Waals surface area contributed by atoms with Crippen LogP contribution in [-0.2, 0) is 22.7 Å². The summed E-state index contributed by atoms with van der Waals surface area (Å²) >= 11 is 0. The SMILES string of the molecule is CCCCCCC[C@H]1[C@H](OCc2ccccc2)CC(=O)N1Cc1ccccc1. The molecule has 0 radical (unpaired) electrons. The van der Waals surface area contributed by atoms with Crippen LogP contribution in [0.5, 0.6) is 0 Å². The van der Waals surface area contributed by atoms with Gasteiger partial charge in [-0.1, -0.05) is 99.7 Å². The van der Waals surface area contributed by atoms with E-state index in [0.29, 0.717) is 19.6 Å². The van der Waals surface area contributed by atoms with Crippen LogP contribution in [0.3, 0.4) is 0 Å². The lowest BCUT2D eigenvalue weighted by molar-refractivity contribution is -0.129. The average molecular weight is 380 g/mol. The fourth-order valence-corrected chi connectivity index (χ4v) is 4.04. The van der Waals surface area contributed by atoms with Gasteiger partial charge in [-0.05, 0) is 17.5 Å². The Hall–Kier alpha value is -2.13. The highest BCUT2D eigenvalue weighted by atomic mass is 16.5. The van der Waals surface area contributed by atoms with Gasteiger partial charge in [-0.25, -0.2) is 0 Å². The number of carbonyl (C=O) groups excluding carboxylic acids is 1. The van der Waals surface area contributed by atoms with E-state index in [9.17, 15) is 4.79 Å². The Bertz CT molecular complexity index is 701. The first kappa shape index (κ1) is 20.6. The fourth-order valence-electron chi connectivity index (χ4n) is 4.04. The molecule has 0 aromatic heterocycles. The predicted octanol–water partition coefficient (Wildman–Crippen LogP) is 5.73. The molecule has 0 spiro atoms. The number of benzene rings is 2. The van der Waals surface area contributed by atoms with E-state index in [1.807, 2.05) is 36.4 Å². The molecule has 3 nitrogen and oxygen atoms in total. The van der Waals surface area contributed by atoms with E-state index in [-0.39, 0.29) is 18.1 Å². The predicted molar refractivity (Wildman–Crippen MR) is 114 cm³/mol. The molecule has 28 heavy (non-hydrogen) atoms. The second kappa shape index (κ2) is 11.0. The van der Waals surface area contributed by atoms with Crippen molar-refractivity contribution in [1.82, 2.24) is 4.90 Å². The Balaban J connectivity index is 1.63. The van der Waals surface area contributed by atoms with Crippen LogP contribution in [0.25, 0.3) is 0 Å². The molecular formula is C25H33NO2. The molecule has 3 heteroatoms. The summed E-state index contributed by atoms with van der Waals surface area (Å²) in [7, 11) is 0. The van der Waals surface area contributed by atoms with E-state index in [1.54, 1.807) is 0 Å². The second-order valence-electron chi connectivity index (χ2n) is 7.82. The molecule has 1 aliphatic heterocycles. The van der Waals surface area contributed by atoms with Crippen LogP contribution in [0.4, 0.5) is 0 Å². The number of unbranched alkanes of at least 4 members (excludes halogenated alkanes) is 4. The van der Waals surface area contributed by atoms with Crippen molar-refractivity contribution in [3.8, 4) is 0 Å². The van der Waals surface area contributed by atoms with Crippen molar-refractivity contribution in [3.63, 3.8) is 0 Å². The molecule has 0 aliphatic carbocycles. The summed E-state index contributed by atoms with van der Waals surface area (Å²) in [4.78, 5) is 14.9. The molecule has 150 valence electrons. The lowest BCUT2D eigenvalue weighted by Gasteiger charge is -2.28. The van der Waals surface area contributed by atoms with Crippen LogP contribution in [-0.4, -0.2) is 23.0 Å². The van der Waals surface area contributed by atoms with E-state index in [0.717, 1.165) is 18.4 Å². The summed E-state index contributed by atoms with van der Waals surface area (Å²) in [6.07, 6.45) is 7.75. The van der Waals surface area contributed by atoms with E-state index >= 15 is 0 Å². The molecule has 1 fully saturated rings. The molecule has 2 aromatic rings. The van der Waals surface area contributed by atoms with Crippen LogP contribution in [0.15, 0.2) is 60.7 Å². The number of nitrogens with zero attached hydrogens (tertiary/aromatic N) is 1. The second-order valence-corrected chi connectivity index (χ2v) is 7.82. The third-order valence-electron chi connectivity index (χ3n) is 5.63. The molecule has 1 saturated heterocycles. The molecule has 2 atom stereocenters. The van der Waals surface area contributed by atoms with Crippen LogP contribution < -0.4 is 0 Å². The normalized spacial score (nSPS) is 19.3. The van der Waals surface area contributed by atoms with E-state index < -0.39 is 0 Å². The first-order valence-electron chi connectivity index (χ1n) is 10.8. The zero-order chi connectivity index (χ0) is 19.6. The Morgan fingerprint density at radius 3 is 2.21 bits per heavy atom. The number of likely N-dealkylation sites (tertiary alicyclic amines) is 1. The topological polar surface area (TPSA) is 29.5 Å². The number of amides is 1. The lowest BCUT2D eigenvalue weighted by Crippen LogP contribution is -2.37. The summed E-state index contributed by atoms with van der Waals surface area (Å²) in [5.41, 5.74) is 2.36. The molecule has 0 bridgehead atoms. The summed E-state index contributed by atoms with van der Waals surface area (Å²) in [5, 5.41) is 0. The number of carbonyl (C=O) groups is 1. The highest BCUT2D eigenvalue weighted by molar-refractivity contribution is 5.79. The fraction of sp³-hybridized carbons (Fsp3) is 0.480. The Morgan fingerprint density at radius 2 is 1.54 bits per heavy atom. The minimum Gasteiger partial charge on any atom is -0.371 e. The van der Waals surface area contributed by atoms with Crippen LogP contribution in [0, 0.1) is 0 Å². The largest absolute Gasteiger partial charge is 0.371 e. The number of ether oxygens (including phenoxy) is 1. The molecule has 0 unspecified atom stereocenters. The molecule has 2 aromatic carbocycles. The standard InChI is InChI=1S/C25H33NO2/c1-2-3-4-5-12-17-23-24(28-20-22-15-10-7-11-16-22)18-25(27)26(23)19-21-13-8-6-9-14-21/h6-11,13-16,23-24H,2-5,12,17-20H2,1H3/t23-,24+/m0/s1. The van der Waals surface area contributed by atoms with Crippen molar-refractivity contribution in [1.29, 1.82) is 0 Å². The van der Waals surface area contributed by atoms with Gasteiger partial charge in [0.05, 0.1) is 25.2 Å². The molecule has 0 N–H and O–H groups in total. The van der Waals surface area contributed by atoms with Crippen molar-refractivity contribution in [2.75, 3.05) is 0 Å². The summed E-state index contributed by atoms with van der Waals surface area (Å²) in [6.45, 7) is 3.50. The Kier molecular flexibility index (Phi) is 8.10. The molecule has 1 aliphatic rings. The summed E-state index contributed by atoms with van der Waals surface area (Å²) in [6, 6.07) is 20.7. The van der Waals surface area contributed by atoms with Gasteiger partial charge >= 0.3 is 0 Å². The molecule has 3 rings (SSSR count). The van der Waals surface area contributed by atoms with Gasteiger partial charge in [0, 0.05) is 6.54 Å². The molecule has 1 amide bonds. The zero-order valence-electron chi connectivity index (χ0n) is 17.1. The van der Waals surface area contributed by atoms with Gasteiger partial charge in [-0.2, -0.15) is 0 Å². The third kappa shape index (κ3) is 5.93. The van der Waals surface area contributed by atoms with Crippen LogP contribution in [0.1, 0.15) is 63.0 Å². The van der Waals surface area contributed by atoms with Gasteiger partial charge in [0.1, 0.15) is 0 Å². The zero-order valence-corrected chi connectivity index (χ0v) is 17.1. The number of hydrogen-bond acceptors (Lipinski definition) is 2. The van der Waals surface area contributed by atoms with Crippen molar-refractivity contribution in [3.05, 3.63) is 71.8 Å². The smallest absolute Gasteiger partial charge is 0.225 e. The number of hydrogen-bond donors (Lipinski definition) is 0. The van der Waals surface area contributed by atoms with Crippen LogP contribution in [0.2, 0.25) is 0 Å². The first-order valence-corrected chi connectivity index (χ1v) is 10.8. The maximum atomic E-state index is 12.8. The minimum absolute atomic E-state index is 0.0115. The van der Waals surface area contributed by atoms with Gasteiger partial charge in [-0.15, -0.1) is 0 Å². The van der Waals surface area contributed by atoms with E-state index in [4.69, 9.17) is 4.74 Å². The molecular weight excluding hydrogens is 346 g/mol. The van der Waals surface area contributed by atoms with E-state index in [2.05, 4.69) is 36.1 Å². The first-order chi connectivity index (χ1) is 13.8.